The fraction of sp³-hybridized carbons (Fsp3) is 0.391. The second-order valence-corrected chi connectivity index (χ2v) is 8.99. The maximum absolute atomic E-state index is 13.1. The first-order chi connectivity index (χ1) is 14.0. The average molecular weight is 457 g/mol. The number of carbonyl (C=O) groups is 2. The molecule has 2 aliphatic heterocycles. The van der Waals surface area contributed by atoms with Crippen molar-refractivity contribution < 1.29 is 14.7 Å². The summed E-state index contributed by atoms with van der Waals surface area (Å²) in [6.07, 6.45) is 2.60. The lowest BCUT2D eigenvalue weighted by Crippen LogP contribution is -2.57. The van der Waals surface area contributed by atoms with Crippen molar-refractivity contribution in [2.75, 3.05) is 13.1 Å². The van der Waals surface area contributed by atoms with Crippen LogP contribution in [0.4, 0.5) is 0 Å². The van der Waals surface area contributed by atoms with Gasteiger partial charge in [-0.2, -0.15) is 0 Å². The van der Waals surface area contributed by atoms with Crippen LogP contribution in [0, 0.1) is 5.92 Å². The molecule has 2 fully saturated rings. The molecule has 0 aromatic heterocycles. The van der Waals surface area contributed by atoms with Gasteiger partial charge in [0, 0.05) is 17.4 Å². The molecule has 2 amide bonds. The highest BCUT2D eigenvalue weighted by Gasteiger charge is 2.50. The van der Waals surface area contributed by atoms with Gasteiger partial charge in [0.1, 0.15) is 5.75 Å². The van der Waals surface area contributed by atoms with E-state index in [1.807, 2.05) is 6.07 Å². The number of carbonyl (C=O) groups excluding carboxylic acids is 2. The molecule has 1 atom stereocenters. The van der Waals surface area contributed by atoms with E-state index in [9.17, 15) is 14.7 Å². The van der Waals surface area contributed by atoms with E-state index in [1.54, 1.807) is 18.2 Å². The summed E-state index contributed by atoms with van der Waals surface area (Å²) >= 11 is 3.47. The lowest BCUT2D eigenvalue weighted by molar-refractivity contribution is -0.140. The number of aromatic hydroxyl groups is 1. The van der Waals surface area contributed by atoms with Crippen LogP contribution in [-0.2, 0) is 21.5 Å². The normalized spacial score (nSPS) is 23.8. The van der Waals surface area contributed by atoms with Gasteiger partial charge in [0.2, 0.25) is 11.8 Å². The van der Waals surface area contributed by atoms with Crippen LogP contribution in [0.2, 0.25) is 0 Å². The van der Waals surface area contributed by atoms with Crippen LogP contribution in [0.5, 0.6) is 5.75 Å². The average Bonchev–Trinajstić information content (AvgIpc) is 2.71. The van der Waals surface area contributed by atoms with Crippen molar-refractivity contribution >= 4 is 27.7 Å². The first-order valence-electron chi connectivity index (χ1n) is 10.1. The van der Waals surface area contributed by atoms with Gasteiger partial charge in [-0.3, -0.25) is 19.8 Å². The van der Waals surface area contributed by atoms with Crippen LogP contribution in [0.15, 0.2) is 53.0 Å². The number of halogens is 1. The van der Waals surface area contributed by atoms with Crippen LogP contribution in [0.25, 0.3) is 0 Å². The van der Waals surface area contributed by atoms with E-state index in [1.165, 1.54) is 5.56 Å². The van der Waals surface area contributed by atoms with Crippen molar-refractivity contribution in [2.45, 2.75) is 37.6 Å². The lowest BCUT2D eigenvalue weighted by Gasteiger charge is -2.45. The molecule has 2 aromatic rings. The molecule has 0 saturated carbocycles. The minimum atomic E-state index is -0.754. The summed E-state index contributed by atoms with van der Waals surface area (Å²) in [6.45, 7) is 2.70. The van der Waals surface area contributed by atoms with Gasteiger partial charge in [0.15, 0.2) is 0 Å². The summed E-state index contributed by atoms with van der Waals surface area (Å²) in [5, 5.41) is 12.6. The molecule has 29 heavy (non-hydrogen) atoms. The van der Waals surface area contributed by atoms with Crippen molar-refractivity contribution in [3.8, 4) is 5.75 Å². The Hall–Kier alpha value is -2.18. The van der Waals surface area contributed by atoms with E-state index in [0.717, 1.165) is 42.5 Å². The Bertz CT molecular complexity index is 907. The van der Waals surface area contributed by atoms with Crippen molar-refractivity contribution in [2.24, 2.45) is 5.92 Å². The van der Waals surface area contributed by atoms with Gasteiger partial charge < -0.3 is 5.11 Å². The Balaban J connectivity index is 1.53. The van der Waals surface area contributed by atoms with Crippen LogP contribution in [0.1, 0.15) is 36.8 Å². The number of benzene rings is 2. The third-order valence-electron chi connectivity index (χ3n) is 6.37. The maximum Gasteiger partial charge on any atom is 0.237 e. The topological polar surface area (TPSA) is 69.6 Å². The fourth-order valence-corrected chi connectivity index (χ4v) is 5.11. The Morgan fingerprint density at radius 2 is 1.83 bits per heavy atom. The number of hydrogen-bond acceptors (Lipinski definition) is 4. The van der Waals surface area contributed by atoms with E-state index in [0.29, 0.717) is 12.8 Å². The van der Waals surface area contributed by atoms with Crippen molar-refractivity contribution in [3.63, 3.8) is 0 Å². The number of phenolic OH excluding ortho intramolecular Hbond substituents is 1. The Kier molecular flexibility index (Phi) is 5.74. The third-order valence-corrected chi connectivity index (χ3v) is 6.90. The van der Waals surface area contributed by atoms with E-state index in [2.05, 4.69) is 50.4 Å². The molecule has 152 valence electrons. The SMILES string of the molecule is O=C1CCC(c2cccc(O)c2)(C2CCN(Cc3ccc(Br)cc3)CC2)C(=O)N1. The van der Waals surface area contributed by atoms with E-state index < -0.39 is 5.41 Å². The highest BCUT2D eigenvalue weighted by Crippen LogP contribution is 2.45. The zero-order valence-corrected chi connectivity index (χ0v) is 17.8. The number of phenols is 1. The highest BCUT2D eigenvalue weighted by atomic mass is 79.9. The molecule has 0 bridgehead atoms. The summed E-state index contributed by atoms with van der Waals surface area (Å²) in [5.41, 5.74) is 1.33. The molecule has 2 aliphatic rings. The van der Waals surface area contributed by atoms with Gasteiger partial charge in [-0.1, -0.05) is 40.2 Å². The van der Waals surface area contributed by atoms with Gasteiger partial charge in [-0.25, -0.2) is 0 Å². The summed E-state index contributed by atoms with van der Waals surface area (Å²) in [4.78, 5) is 27.4. The molecule has 4 rings (SSSR count). The number of hydrogen-bond donors (Lipinski definition) is 2. The van der Waals surface area contributed by atoms with Gasteiger partial charge >= 0.3 is 0 Å². The number of nitrogens with one attached hydrogen (secondary N) is 1. The molecule has 1 unspecified atom stereocenters. The fourth-order valence-electron chi connectivity index (χ4n) is 4.84. The molecule has 5 nitrogen and oxygen atoms in total. The third kappa shape index (κ3) is 4.09. The van der Waals surface area contributed by atoms with Gasteiger partial charge in [-0.15, -0.1) is 0 Å². The highest BCUT2D eigenvalue weighted by molar-refractivity contribution is 9.10. The zero-order chi connectivity index (χ0) is 20.4. The smallest absolute Gasteiger partial charge is 0.237 e. The molecule has 0 spiro atoms. The second-order valence-electron chi connectivity index (χ2n) is 8.08. The molecule has 2 heterocycles. The van der Waals surface area contributed by atoms with Crippen LogP contribution in [0.3, 0.4) is 0 Å². The number of rotatable bonds is 4. The van der Waals surface area contributed by atoms with Crippen molar-refractivity contribution in [3.05, 3.63) is 64.1 Å². The van der Waals surface area contributed by atoms with E-state index >= 15 is 0 Å². The number of likely N-dealkylation sites (tertiary alicyclic amines) is 1. The molecule has 0 aliphatic carbocycles. The predicted octanol–water partition coefficient (Wildman–Crippen LogP) is 3.74. The van der Waals surface area contributed by atoms with Gasteiger partial charge in [0.05, 0.1) is 5.41 Å². The number of piperidine rings is 2. The molecular weight excluding hydrogens is 432 g/mol. The van der Waals surface area contributed by atoms with Crippen molar-refractivity contribution in [1.82, 2.24) is 10.2 Å². The first-order valence-corrected chi connectivity index (χ1v) is 10.9. The number of nitrogens with zero attached hydrogens (tertiary/aromatic N) is 1. The maximum atomic E-state index is 13.1. The molecule has 6 heteroatoms. The predicted molar refractivity (Wildman–Crippen MR) is 114 cm³/mol. The minimum absolute atomic E-state index is 0.138. The minimum Gasteiger partial charge on any atom is -0.508 e. The van der Waals surface area contributed by atoms with Crippen molar-refractivity contribution in [1.29, 1.82) is 0 Å². The second kappa shape index (κ2) is 8.28. The molecule has 2 saturated heterocycles. The molecule has 0 radical (unpaired) electrons. The number of amides is 2. The first kappa shape index (κ1) is 20.1. The van der Waals surface area contributed by atoms with Crippen LogP contribution >= 0.6 is 15.9 Å². The summed E-state index contributed by atoms with van der Waals surface area (Å²) in [5.74, 6) is -0.137. The van der Waals surface area contributed by atoms with Gasteiger partial charge in [-0.05, 0) is 73.7 Å². The molecule has 2 aromatic carbocycles. The van der Waals surface area contributed by atoms with E-state index in [4.69, 9.17) is 0 Å². The Morgan fingerprint density at radius 1 is 1.10 bits per heavy atom. The molecule has 2 N–H and O–H groups in total. The van der Waals surface area contributed by atoms with Crippen LogP contribution in [-0.4, -0.2) is 34.9 Å². The molecular formula is C23H25BrN2O3. The van der Waals surface area contributed by atoms with Crippen LogP contribution < -0.4 is 5.32 Å². The Labute approximate surface area is 179 Å². The summed E-state index contributed by atoms with van der Waals surface area (Å²) in [7, 11) is 0. The Morgan fingerprint density at radius 3 is 2.48 bits per heavy atom. The largest absolute Gasteiger partial charge is 0.508 e. The van der Waals surface area contributed by atoms with E-state index in [-0.39, 0.29) is 23.5 Å². The monoisotopic (exact) mass is 456 g/mol. The lowest BCUT2D eigenvalue weighted by atomic mass is 9.62. The van der Waals surface area contributed by atoms with Gasteiger partial charge in [0.25, 0.3) is 0 Å². The standard InChI is InChI=1S/C23H25BrN2O3/c24-19-6-4-16(5-7-19)15-26-12-9-17(10-13-26)23(11-8-21(28)25-22(23)29)18-2-1-3-20(27)14-18/h1-7,14,17,27H,8-13,15H2,(H,25,28,29). The number of imide groups is 1. The summed E-state index contributed by atoms with van der Waals surface area (Å²) in [6, 6.07) is 15.4. The zero-order valence-electron chi connectivity index (χ0n) is 16.2. The quantitative estimate of drug-likeness (QED) is 0.687. The summed E-state index contributed by atoms with van der Waals surface area (Å²) < 4.78 is 1.07.